The summed E-state index contributed by atoms with van der Waals surface area (Å²) in [5, 5.41) is 0. The van der Waals surface area contributed by atoms with E-state index in [0.29, 0.717) is 11.3 Å². The molecule has 0 unspecified atom stereocenters. The molecule has 1 aromatic heterocycles. The maximum Gasteiger partial charge on any atom is 0.200 e. The molecular formula is C15H14BrNO2. The Kier molecular flexibility index (Phi) is 4.32. The van der Waals surface area contributed by atoms with Gasteiger partial charge in [0, 0.05) is 16.2 Å². The molecule has 0 spiro atoms. The molecule has 0 saturated heterocycles. The fourth-order valence-corrected chi connectivity index (χ4v) is 2.17. The summed E-state index contributed by atoms with van der Waals surface area (Å²) in [5.74, 6) is 0.546. The number of carbonyl (C=O) groups excluding carboxylic acids is 1. The summed E-state index contributed by atoms with van der Waals surface area (Å²) in [6.45, 7) is 3.95. The summed E-state index contributed by atoms with van der Waals surface area (Å²) in [6, 6.07) is 7.55. The predicted octanol–water partition coefficient (Wildman–Crippen LogP) is 3.72. The molecule has 19 heavy (non-hydrogen) atoms. The SMILES string of the molecule is Cc1ccc(C(=O)COc2cncc(Br)c2)c(C)c1. The topological polar surface area (TPSA) is 39.2 Å². The van der Waals surface area contributed by atoms with Crippen LogP contribution < -0.4 is 4.74 Å². The van der Waals surface area contributed by atoms with Crippen LogP contribution in [0.1, 0.15) is 21.5 Å². The van der Waals surface area contributed by atoms with Gasteiger partial charge in [0.05, 0.1) is 6.20 Å². The first-order chi connectivity index (χ1) is 9.06. The number of pyridine rings is 1. The molecule has 2 rings (SSSR count). The first-order valence-corrected chi connectivity index (χ1v) is 6.69. The van der Waals surface area contributed by atoms with E-state index in [9.17, 15) is 4.79 Å². The number of aromatic nitrogens is 1. The molecule has 0 radical (unpaired) electrons. The largest absolute Gasteiger partial charge is 0.484 e. The minimum absolute atomic E-state index is 0.0159. The summed E-state index contributed by atoms with van der Waals surface area (Å²) >= 11 is 3.31. The standard InChI is InChI=1S/C15H14BrNO2/c1-10-3-4-14(11(2)5-10)15(18)9-19-13-6-12(16)7-17-8-13/h3-8H,9H2,1-2H3. The number of hydrogen-bond acceptors (Lipinski definition) is 3. The van der Waals surface area contributed by atoms with Gasteiger partial charge in [-0.05, 0) is 41.4 Å². The van der Waals surface area contributed by atoms with Gasteiger partial charge in [-0.15, -0.1) is 0 Å². The Bertz CT molecular complexity index is 611. The van der Waals surface area contributed by atoms with E-state index in [1.165, 1.54) is 0 Å². The minimum atomic E-state index is -0.0301. The van der Waals surface area contributed by atoms with Gasteiger partial charge in [-0.1, -0.05) is 23.8 Å². The van der Waals surface area contributed by atoms with Crippen molar-refractivity contribution in [2.24, 2.45) is 0 Å². The van der Waals surface area contributed by atoms with Crippen LogP contribution in [0.25, 0.3) is 0 Å². The predicted molar refractivity (Wildman–Crippen MR) is 77.7 cm³/mol. The van der Waals surface area contributed by atoms with Crippen LogP contribution in [0.4, 0.5) is 0 Å². The van der Waals surface area contributed by atoms with Crippen LogP contribution in [0.5, 0.6) is 5.75 Å². The molecule has 0 N–H and O–H groups in total. The van der Waals surface area contributed by atoms with Gasteiger partial charge in [0.2, 0.25) is 0 Å². The molecular weight excluding hydrogens is 306 g/mol. The van der Waals surface area contributed by atoms with Crippen molar-refractivity contribution in [1.29, 1.82) is 0 Å². The molecule has 0 atom stereocenters. The van der Waals surface area contributed by atoms with Crippen LogP contribution >= 0.6 is 15.9 Å². The highest BCUT2D eigenvalue weighted by Gasteiger charge is 2.10. The lowest BCUT2D eigenvalue weighted by Crippen LogP contribution is -2.13. The van der Waals surface area contributed by atoms with Gasteiger partial charge in [-0.3, -0.25) is 9.78 Å². The Hall–Kier alpha value is -1.68. The molecule has 0 aliphatic carbocycles. The lowest BCUT2D eigenvalue weighted by atomic mass is 10.0. The third-order valence-corrected chi connectivity index (χ3v) is 3.17. The average molecular weight is 320 g/mol. The van der Waals surface area contributed by atoms with E-state index in [1.54, 1.807) is 18.5 Å². The number of nitrogens with zero attached hydrogens (tertiary/aromatic N) is 1. The molecule has 0 bridgehead atoms. The first kappa shape index (κ1) is 13.7. The Labute approximate surface area is 120 Å². The van der Waals surface area contributed by atoms with Crippen molar-refractivity contribution in [3.05, 3.63) is 57.8 Å². The van der Waals surface area contributed by atoms with Gasteiger partial charge >= 0.3 is 0 Å². The Morgan fingerprint density at radius 3 is 2.74 bits per heavy atom. The minimum Gasteiger partial charge on any atom is -0.484 e. The van der Waals surface area contributed by atoms with E-state index in [2.05, 4.69) is 20.9 Å². The highest BCUT2D eigenvalue weighted by atomic mass is 79.9. The van der Waals surface area contributed by atoms with Crippen molar-refractivity contribution in [1.82, 2.24) is 4.98 Å². The first-order valence-electron chi connectivity index (χ1n) is 5.90. The molecule has 1 aromatic carbocycles. The Balaban J connectivity index is 2.05. The molecule has 4 heteroatoms. The molecule has 0 aliphatic rings. The van der Waals surface area contributed by atoms with Crippen LogP contribution in [0.2, 0.25) is 0 Å². The second kappa shape index (κ2) is 5.97. The maximum absolute atomic E-state index is 12.1. The van der Waals surface area contributed by atoms with Gasteiger partial charge in [0.1, 0.15) is 5.75 Å². The summed E-state index contributed by atoms with van der Waals surface area (Å²) < 4.78 is 6.27. The number of aryl methyl sites for hydroxylation is 2. The zero-order valence-corrected chi connectivity index (χ0v) is 12.4. The molecule has 0 aliphatic heterocycles. The summed E-state index contributed by atoms with van der Waals surface area (Å²) in [7, 11) is 0. The van der Waals surface area contributed by atoms with Crippen molar-refractivity contribution in [3.63, 3.8) is 0 Å². The van der Waals surface area contributed by atoms with E-state index < -0.39 is 0 Å². The van der Waals surface area contributed by atoms with Crippen molar-refractivity contribution in [3.8, 4) is 5.75 Å². The lowest BCUT2D eigenvalue weighted by molar-refractivity contribution is 0.0920. The van der Waals surface area contributed by atoms with E-state index in [-0.39, 0.29) is 12.4 Å². The highest BCUT2D eigenvalue weighted by molar-refractivity contribution is 9.10. The molecule has 0 amide bonds. The van der Waals surface area contributed by atoms with Crippen LogP contribution in [0.3, 0.4) is 0 Å². The fourth-order valence-electron chi connectivity index (χ4n) is 1.82. The van der Waals surface area contributed by atoms with Crippen molar-refractivity contribution in [2.45, 2.75) is 13.8 Å². The van der Waals surface area contributed by atoms with Gasteiger partial charge in [-0.2, -0.15) is 0 Å². The number of Topliss-reactive ketones (excluding diaryl/α,β-unsaturated/α-hetero) is 1. The van der Waals surface area contributed by atoms with E-state index in [0.717, 1.165) is 15.6 Å². The molecule has 0 saturated carbocycles. The molecule has 3 nitrogen and oxygen atoms in total. The van der Waals surface area contributed by atoms with E-state index in [1.807, 2.05) is 32.0 Å². The fraction of sp³-hybridized carbons (Fsp3) is 0.200. The summed E-state index contributed by atoms with van der Waals surface area (Å²) in [6.07, 6.45) is 3.25. The third kappa shape index (κ3) is 3.64. The third-order valence-electron chi connectivity index (χ3n) is 2.73. The van der Waals surface area contributed by atoms with Gasteiger partial charge in [0.15, 0.2) is 12.4 Å². The molecule has 2 aromatic rings. The second-order valence-electron chi connectivity index (χ2n) is 4.37. The number of ketones is 1. The average Bonchev–Trinajstić information content (AvgIpc) is 2.36. The number of rotatable bonds is 4. The molecule has 1 heterocycles. The smallest absolute Gasteiger partial charge is 0.200 e. The normalized spacial score (nSPS) is 10.3. The quantitative estimate of drug-likeness (QED) is 0.806. The maximum atomic E-state index is 12.1. The van der Waals surface area contributed by atoms with Crippen molar-refractivity contribution < 1.29 is 9.53 Å². The van der Waals surface area contributed by atoms with Crippen molar-refractivity contribution >= 4 is 21.7 Å². The number of hydrogen-bond donors (Lipinski definition) is 0. The summed E-state index contributed by atoms with van der Waals surface area (Å²) in [4.78, 5) is 16.1. The number of benzene rings is 1. The zero-order chi connectivity index (χ0) is 13.8. The second-order valence-corrected chi connectivity index (χ2v) is 5.28. The number of ether oxygens (including phenoxy) is 1. The van der Waals surface area contributed by atoms with Crippen molar-refractivity contribution in [2.75, 3.05) is 6.61 Å². The highest BCUT2D eigenvalue weighted by Crippen LogP contribution is 2.17. The lowest BCUT2D eigenvalue weighted by Gasteiger charge is -2.08. The Morgan fingerprint density at radius 2 is 2.05 bits per heavy atom. The Morgan fingerprint density at radius 1 is 1.26 bits per heavy atom. The van der Waals surface area contributed by atoms with E-state index in [4.69, 9.17) is 4.74 Å². The van der Waals surface area contributed by atoms with Gasteiger partial charge in [0.25, 0.3) is 0 Å². The molecule has 0 fully saturated rings. The summed E-state index contributed by atoms with van der Waals surface area (Å²) in [5.41, 5.74) is 2.82. The van der Waals surface area contributed by atoms with Crippen LogP contribution in [-0.4, -0.2) is 17.4 Å². The van der Waals surface area contributed by atoms with Gasteiger partial charge in [-0.25, -0.2) is 0 Å². The monoisotopic (exact) mass is 319 g/mol. The number of carbonyl (C=O) groups is 1. The zero-order valence-electron chi connectivity index (χ0n) is 10.8. The number of halogens is 1. The van der Waals surface area contributed by atoms with E-state index >= 15 is 0 Å². The van der Waals surface area contributed by atoms with Gasteiger partial charge < -0.3 is 4.74 Å². The molecule has 98 valence electrons. The van der Waals surface area contributed by atoms with Crippen LogP contribution in [-0.2, 0) is 0 Å². The van der Waals surface area contributed by atoms with Crippen LogP contribution in [0, 0.1) is 13.8 Å². The van der Waals surface area contributed by atoms with Crippen LogP contribution in [0.15, 0.2) is 41.1 Å².